The second-order valence-electron chi connectivity index (χ2n) is 6.34. The van der Waals surface area contributed by atoms with Crippen LogP contribution in [0.3, 0.4) is 0 Å². The molecule has 2 aromatic heterocycles. The number of aromatic nitrogens is 1. The van der Waals surface area contributed by atoms with Gasteiger partial charge in [0, 0.05) is 17.8 Å². The first-order chi connectivity index (χ1) is 13.6. The molecule has 0 saturated carbocycles. The Balaban J connectivity index is 2.17. The first kappa shape index (κ1) is 17.9. The van der Waals surface area contributed by atoms with E-state index in [-0.39, 0.29) is 6.61 Å². The highest BCUT2D eigenvalue weighted by Gasteiger charge is 2.27. The lowest BCUT2D eigenvalue weighted by Gasteiger charge is -2.09. The number of methoxy groups -OCH3 is 1. The third-order valence-corrected chi connectivity index (χ3v) is 4.79. The van der Waals surface area contributed by atoms with Crippen molar-refractivity contribution in [3.63, 3.8) is 0 Å². The van der Waals surface area contributed by atoms with Crippen molar-refractivity contribution in [1.82, 2.24) is 4.57 Å². The summed E-state index contributed by atoms with van der Waals surface area (Å²) in [5.74, 6) is 0.222. The van der Waals surface area contributed by atoms with Crippen LogP contribution in [0.4, 0.5) is 0 Å². The van der Waals surface area contributed by atoms with Crippen LogP contribution in [0.25, 0.3) is 33.1 Å². The van der Waals surface area contributed by atoms with E-state index in [9.17, 15) is 9.59 Å². The number of benzene rings is 2. The molecule has 0 saturated heterocycles. The Kier molecular flexibility index (Phi) is 4.39. The molecule has 28 heavy (non-hydrogen) atoms. The van der Waals surface area contributed by atoms with Crippen molar-refractivity contribution in [3.8, 4) is 17.0 Å². The van der Waals surface area contributed by atoms with E-state index in [1.165, 1.54) is 0 Å². The molecule has 0 bridgehead atoms. The Bertz CT molecular complexity index is 1250. The highest BCUT2D eigenvalue weighted by atomic mass is 16.5. The molecule has 0 aliphatic heterocycles. The van der Waals surface area contributed by atoms with E-state index >= 15 is 0 Å². The van der Waals surface area contributed by atoms with Crippen LogP contribution in [-0.4, -0.2) is 24.3 Å². The lowest BCUT2D eigenvalue weighted by molar-refractivity contribution is 0.0529. The maximum Gasteiger partial charge on any atom is 0.361 e. The van der Waals surface area contributed by atoms with Crippen molar-refractivity contribution in [1.29, 1.82) is 0 Å². The Morgan fingerprint density at radius 1 is 1.11 bits per heavy atom. The number of ether oxygens (including phenoxy) is 2. The smallest absolute Gasteiger partial charge is 0.361 e. The van der Waals surface area contributed by atoms with E-state index in [1.54, 1.807) is 37.8 Å². The summed E-state index contributed by atoms with van der Waals surface area (Å²) in [7, 11) is 3.34. The van der Waals surface area contributed by atoms with Gasteiger partial charge in [-0.25, -0.2) is 9.59 Å². The van der Waals surface area contributed by atoms with E-state index in [0.29, 0.717) is 38.9 Å². The number of carbonyl (C=O) groups is 1. The second-order valence-corrected chi connectivity index (χ2v) is 6.34. The molecule has 0 radical (unpaired) electrons. The third kappa shape index (κ3) is 2.65. The van der Waals surface area contributed by atoms with Crippen LogP contribution in [0.1, 0.15) is 17.3 Å². The van der Waals surface area contributed by atoms with Gasteiger partial charge in [-0.3, -0.25) is 0 Å². The maximum atomic E-state index is 13.0. The van der Waals surface area contributed by atoms with E-state index < -0.39 is 11.6 Å². The van der Waals surface area contributed by atoms with Gasteiger partial charge in [-0.1, -0.05) is 18.2 Å². The maximum absolute atomic E-state index is 13.0. The predicted octanol–water partition coefficient (Wildman–Crippen LogP) is 4.14. The third-order valence-electron chi connectivity index (χ3n) is 4.79. The fourth-order valence-electron chi connectivity index (χ4n) is 3.58. The highest BCUT2D eigenvalue weighted by Crippen LogP contribution is 2.36. The highest BCUT2D eigenvalue weighted by molar-refractivity contribution is 6.18. The molecule has 4 aromatic rings. The molecular weight excluding hydrogens is 358 g/mol. The Hall–Kier alpha value is -3.54. The zero-order valence-corrected chi connectivity index (χ0v) is 15.8. The number of hydrogen-bond acceptors (Lipinski definition) is 5. The number of aryl methyl sites for hydroxylation is 1. The Morgan fingerprint density at radius 3 is 2.50 bits per heavy atom. The summed E-state index contributed by atoms with van der Waals surface area (Å²) >= 11 is 0. The van der Waals surface area contributed by atoms with Crippen molar-refractivity contribution in [2.45, 2.75) is 6.92 Å². The molecule has 0 unspecified atom stereocenters. The average Bonchev–Trinajstić information content (AvgIpc) is 3.02. The minimum Gasteiger partial charge on any atom is -0.497 e. The molecule has 0 aliphatic carbocycles. The molecule has 2 aromatic carbocycles. The number of hydrogen-bond donors (Lipinski definition) is 0. The molecule has 2 heterocycles. The molecule has 0 atom stereocenters. The summed E-state index contributed by atoms with van der Waals surface area (Å²) in [5.41, 5.74) is 1.98. The van der Waals surface area contributed by atoms with Gasteiger partial charge in [-0.15, -0.1) is 0 Å². The van der Waals surface area contributed by atoms with Gasteiger partial charge < -0.3 is 18.5 Å². The largest absolute Gasteiger partial charge is 0.497 e. The zero-order chi connectivity index (χ0) is 19.8. The summed E-state index contributed by atoms with van der Waals surface area (Å²) in [6, 6.07) is 14.5. The van der Waals surface area contributed by atoms with Crippen LogP contribution in [0, 0.1) is 0 Å². The summed E-state index contributed by atoms with van der Waals surface area (Å²) < 4.78 is 17.7. The van der Waals surface area contributed by atoms with Crippen LogP contribution in [0.15, 0.2) is 57.7 Å². The summed E-state index contributed by atoms with van der Waals surface area (Å²) in [6.07, 6.45) is 0. The molecule has 0 spiro atoms. The van der Waals surface area contributed by atoms with Crippen molar-refractivity contribution >= 4 is 27.8 Å². The fourth-order valence-corrected chi connectivity index (χ4v) is 3.58. The quantitative estimate of drug-likeness (QED) is 0.395. The van der Waals surface area contributed by atoms with Crippen molar-refractivity contribution in [2.75, 3.05) is 13.7 Å². The van der Waals surface area contributed by atoms with Gasteiger partial charge in [-0.2, -0.15) is 0 Å². The number of fused-ring (bicyclic) bond motifs is 3. The topological polar surface area (TPSA) is 70.7 Å². The molecule has 4 rings (SSSR count). The van der Waals surface area contributed by atoms with Crippen LogP contribution in [0.5, 0.6) is 5.75 Å². The molecule has 142 valence electrons. The van der Waals surface area contributed by atoms with Crippen LogP contribution in [0.2, 0.25) is 0 Å². The Labute approximate surface area is 160 Å². The zero-order valence-electron chi connectivity index (χ0n) is 15.8. The monoisotopic (exact) mass is 377 g/mol. The molecular formula is C22H19NO5. The SMILES string of the molecule is CCOC(=O)c1c(-c2ccc(OC)cc2)n(C)c2c(=O)oc3ccccc3c12. The predicted molar refractivity (Wildman–Crippen MR) is 107 cm³/mol. The van der Waals surface area contributed by atoms with Crippen molar-refractivity contribution in [3.05, 3.63) is 64.5 Å². The summed E-state index contributed by atoms with van der Waals surface area (Å²) in [5, 5.41) is 1.23. The fraction of sp³-hybridized carbons (Fsp3) is 0.182. The van der Waals surface area contributed by atoms with E-state index in [2.05, 4.69) is 0 Å². The van der Waals surface area contributed by atoms with Crippen LogP contribution >= 0.6 is 0 Å². The number of nitrogens with zero attached hydrogens (tertiary/aromatic N) is 1. The van der Waals surface area contributed by atoms with Crippen LogP contribution in [-0.2, 0) is 11.8 Å². The normalized spacial score (nSPS) is 11.1. The molecule has 0 aliphatic rings. The van der Waals surface area contributed by atoms with Gasteiger partial charge in [-0.05, 0) is 42.8 Å². The number of esters is 1. The van der Waals surface area contributed by atoms with E-state index in [0.717, 1.165) is 5.56 Å². The lowest BCUT2D eigenvalue weighted by Crippen LogP contribution is -2.06. The number of carbonyl (C=O) groups excluding carboxylic acids is 1. The van der Waals surface area contributed by atoms with Crippen LogP contribution < -0.4 is 10.4 Å². The van der Waals surface area contributed by atoms with Gasteiger partial charge in [0.25, 0.3) is 0 Å². The van der Waals surface area contributed by atoms with Gasteiger partial charge >= 0.3 is 11.6 Å². The molecule has 6 nitrogen and oxygen atoms in total. The van der Waals surface area contributed by atoms with Gasteiger partial charge in [0.15, 0.2) is 0 Å². The molecule has 6 heteroatoms. The standard InChI is InChI=1S/C22H19NO5/c1-4-27-21(24)18-17-15-7-5-6-8-16(15)28-22(25)20(17)23(2)19(18)13-9-11-14(26-3)12-10-13/h5-12H,4H2,1-3H3. The lowest BCUT2D eigenvalue weighted by atomic mass is 10.0. The minimum atomic E-state index is -0.499. The van der Waals surface area contributed by atoms with Gasteiger partial charge in [0.05, 0.1) is 25.0 Å². The number of rotatable bonds is 4. The summed E-state index contributed by atoms with van der Waals surface area (Å²) in [4.78, 5) is 25.7. The minimum absolute atomic E-state index is 0.233. The van der Waals surface area contributed by atoms with Gasteiger partial charge in [0.2, 0.25) is 0 Å². The Morgan fingerprint density at radius 2 is 1.82 bits per heavy atom. The molecule has 0 N–H and O–H groups in total. The van der Waals surface area contributed by atoms with E-state index in [4.69, 9.17) is 13.9 Å². The summed E-state index contributed by atoms with van der Waals surface area (Å²) in [6.45, 7) is 1.99. The molecule has 0 amide bonds. The number of para-hydroxylation sites is 1. The van der Waals surface area contributed by atoms with Crippen molar-refractivity contribution in [2.24, 2.45) is 7.05 Å². The first-order valence-electron chi connectivity index (χ1n) is 8.92. The average molecular weight is 377 g/mol. The second kappa shape index (κ2) is 6.88. The first-order valence-corrected chi connectivity index (χ1v) is 8.92. The molecule has 0 fully saturated rings. The van der Waals surface area contributed by atoms with Crippen molar-refractivity contribution < 1.29 is 18.7 Å². The van der Waals surface area contributed by atoms with Gasteiger partial charge in [0.1, 0.15) is 16.8 Å². The van der Waals surface area contributed by atoms with E-state index in [1.807, 2.05) is 36.4 Å².